The van der Waals surface area contributed by atoms with E-state index in [-0.39, 0.29) is 16.5 Å². The third-order valence-corrected chi connectivity index (χ3v) is 3.17. The van der Waals surface area contributed by atoms with E-state index in [9.17, 15) is 14.4 Å². The van der Waals surface area contributed by atoms with Gasteiger partial charge >= 0.3 is 11.8 Å². The molecule has 3 N–H and O–H groups in total. The van der Waals surface area contributed by atoms with E-state index in [1.165, 1.54) is 43.5 Å². The van der Waals surface area contributed by atoms with Gasteiger partial charge in [-0.3, -0.25) is 14.4 Å². The summed E-state index contributed by atoms with van der Waals surface area (Å²) in [5.41, 5.74) is 6.45. The highest BCUT2D eigenvalue weighted by molar-refractivity contribution is 6.49. The molecule has 3 amide bonds. The summed E-state index contributed by atoms with van der Waals surface area (Å²) in [6, 6.07) is 9.03. The lowest BCUT2D eigenvalue weighted by molar-refractivity contribution is -0.136. The average Bonchev–Trinajstić information content (AvgIpc) is 2.51. The van der Waals surface area contributed by atoms with Crippen LogP contribution in [-0.2, 0) is 14.4 Å². The van der Waals surface area contributed by atoms with Crippen LogP contribution in [0.5, 0.6) is 0 Å². The number of halogens is 1. The second-order valence-electron chi connectivity index (χ2n) is 4.55. The molecule has 1 aromatic heterocycles. The highest BCUT2D eigenvalue weighted by Gasteiger charge is 2.27. The van der Waals surface area contributed by atoms with E-state index in [0.29, 0.717) is 5.69 Å². The van der Waals surface area contributed by atoms with Gasteiger partial charge in [0, 0.05) is 18.8 Å². The van der Waals surface area contributed by atoms with Gasteiger partial charge in [0.15, 0.2) is 5.15 Å². The van der Waals surface area contributed by atoms with Crippen molar-refractivity contribution in [2.75, 3.05) is 16.0 Å². The first-order valence-corrected chi connectivity index (χ1v) is 6.90. The minimum absolute atomic E-state index is 0.0375. The van der Waals surface area contributed by atoms with Crippen LogP contribution in [-0.4, -0.2) is 22.7 Å². The molecule has 0 atom stereocenters. The number of nitrogens with zero attached hydrogens (tertiary/aromatic N) is 2. The van der Waals surface area contributed by atoms with Gasteiger partial charge in [0.1, 0.15) is 0 Å². The van der Waals surface area contributed by atoms with Gasteiger partial charge in [-0.05, 0) is 36.4 Å². The Hall–Kier alpha value is -2.93. The maximum Gasteiger partial charge on any atom is 0.323 e. The number of pyridine rings is 1. The van der Waals surface area contributed by atoms with E-state index < -0.39 is 17.7 Å². The van der Waals surface area contributed by atoms with E-state index in [2.05, 4.69) is 10.3 Å². The Morgan fingerprint density at radius 3 is 2.39 bits per heavy atom. The number of rotatable bonds is 2. The van der Waals surface area contributed by atoms with Gasteiger partial charge in [-0.2, -0.15) is 0 Å². The highest BCUT2D eigenvalue weighted by atomic mass is 35.5. The largest absolute Gasteiger partial charge is 0.399 e. The van der Waals surface area contributed by atoms with Crippen LogP contribution in [0, 0.1) is 0 Å². The standard InChI is InChI=1S/C15H13ClN4O3/c1-9(21)20(11-6-4-10(17)5-7-11)15(23)14(22)19-12-3-2-8-18-13(12)16/h2-8H,17H2,1H3,(H,19,22). The van der Waals surface area contributed by atoms with Crippen LogP contribution < -0.4 is 16.0 Å². The average molecular weight is 333 g/mol. The van der Waals surface area contributed by atoms with Crippen LogP contribution in [0.3, 0.4) is 0 Å². The number of hydrogen-bond acceptors (Lipinski definition) is 5. The number of hydrogen-bond donors (Lipinski definition) is 2. The summed E-state index contributed by atoms with van der Waals surface area (Å²) in [5.74, 6) is -2.65. The van der Waals surface area contributed by atoms with E-state index >= 15 is 0 Å². The topological polar surface area (TPSA) is 105 Å². The minimum atomic E-state index is -1.04. The third-order valence-electron chi connectivity index (χ3n) is 2.87. The van der Waals surface area contributed by atoms with Crippen LogP contribution in [0.4, 0.5) is 17.1 Å². The Labute approximate surface area is 137 Å². The molecule has 0 saturated carbocycles. The molecule has 0 radical (unpaired) electrons. The number of benzene rings is 1. The normalized spacial score (nSPS) is 10.0. The summed E-state index contributed by atoms with van der Waals surface area (Å²) in [7, 11) is 0. The molecule has 7 nitrogen and oxygen atoms in total. The molecule has 2 rings (SSSR count). The molecule has 2 aromatic rings. The molecule has 0 aliphatic carbocycles. The number of carbonyl (C=O) groups excluding carboxylic acids is 3. The van der Waals surface area contributed by atoms with Crippen molar-refractivity contribution in [3.63, 3.8) is 0 Å². The lowest BCUT2D eigenvalue weighted by Gasteiger charge is -2.18. The van der Waals surface area contributed by atoms with E-state index in [1.807, 2.05) is 0 Å². The highest BCUT2D eigenvalue weighted by Crippen LogP contribution is 2.20. The van der Waals surface area contributed by atoms with Crippen molar-refractivity contribution >= 4 is 46.4 Å². The number of amides is 3. The smallest absolute Gasteiger partial charge is 0.323 e. The van der Waals surface area contributed by atoms with E-state index in [1.54, 1.807) is 6.07 Å². The molecule has 0 aliphatic heterocycles. The van der Waals surface area contributed by atoms with Crippen LogP contribution in [0.1, 0.15) is 6.92 Å². The monoisotopic (exact) mass is 332 g/mol. The fourth-order valence-electron chi connectivity index (χ4n) is 1.82. The SMILES string of the molecule is CC(=O)N(C(=O)C(=O)Nc1cccnc1Cl)c1ccc(N)cc1. The Kier molecular flexibility index (Phi) is 4.92. The molecule has 0 aliphatic rings. The van der Waals surface area contributed by atoms with E-state index in [4.69, 9.17) is 17.3 Å². The molecule has 1 aromatic carbocycles. The molecule has 0 fully saturated rings. The summed E-state index contributed by atoms with van der Waals surface area (Å²) >= 11 is 5.82. The maximum atomic E-state index is 12.3. The number of nitrogen functional groups attached to an aromatic ring is 1. The molecular formula is C15H13ClN4O3. The zero-order valence-corrected chi connectivity index (χ0v) is 12.9. The maximum absolute atomic E-state index is 12.3. The summed E-state index contributed by atoms with van der Waals surface area (Å²) in [5, 5.41) is 2.36. The first kappa shape index (κ1) is 16.4. The molecule has 0 saturated heterocycles. The van der Waals surface area contributed by atoms with Crippen molar-refractivity contribution in [2.45, 2.75) is 6.92 Å². The van der Waals surface area contributed by atoms with Crippen molar-refractivity contribution in [2.24, 2.45) is 0 Å². The fourth-order valence-corrected chi connectivity index (χ4v) is 1.99. The number of aromatic nitrogens is 1. The summed E-state index contributed by atoms with van der Waals surface area (Å²) in [6.45, 7) is 1.18. The lowest BCUT2D eigenvalue weighted by atomic mass is 10.2. The lowest BCUT2D eigenvalue weighted by Crippen LogP contribution is -2.42. The molecule has 118 valence electrons. The summed E-state index contributed by atoms with van der Waals surface area (Å²) < 4.78 is 0. The van der Waals surface area contributed by atoms with Crippen LogP contribution in [0.2, 0.25) is 5.15 Å². The van der Waals surface area contributed by atoms with Crippen molar-refractivity contribution in [1.29, 1.82) is 0 Å². The number of anilines is 3. The molecule has 8 heteroatoms. The van der Waals surface area contributed by atoms with Gasteiger partial charge in [0.25, 0.3) is 0 Å². The van der Waals surface area contributed by atoms with Gasteiger partial charge in [-0.15, -0.1) is 0 Å². The van der Waals surface area contributed by atoms with Crippen LogP contribution in [0.15, 0.2) is 42.6 Å². The van der Waals surface area contributed by atoms with Crippen LogP contribution >= 0.6 is 11.6 Å². The minimum Gasteiger partial charge on any atom is -0.399 e. The van der Waals surface area contributed by atoms with Crippen molar-refractivity contribution in [3.05, 3.63) is 47.7 Å². The van der Waals surface area contributed by atoms with Crippen molar-refractivity contribution in [3.8, 4) is 0 Å². The third kappa shape index (κ3) is 3.83. The van der Waals surface area contributed by atoms with Gasteiger partial charge in [0.05, 0.1) is 11.4 Å². The fraction of sp³-hybridized carbons (Fsp3) is 0.0667. The van der Waals surface area contributed by atoms with Gasteiger partial charge in [0.2, 0.25) is 5.91 Å². The predicted molar refractivity (Wildman–Crippen MR) is 86.9 cm³/mol. The number of nitrogens with two attached hydrogens (primary N) is 1. The Bertz CT molecular complexity index is 762. The summed E-state index contributed by atoms with van der Waals surface area (Å²) in [6.07, 6.45) is 1.44. The van der Waals surface area contributed by atoms with Gasteiger partial charge in [-0.1, -0.05) is 11.6 Å². The zero-order chi connectivity index (χ0) is 17.0. The second kappa shape index (κ2) is 6.89. The molecule has 0 unspecified atom stereocenters. The Balaban J connectivity index is 2.24. The zero-order valence-electron chi connectivity index (χ0n) is 12.1. The molecule has 0 bridgehead atoms. The first-order chi connectivity index (χ1) is 10.9. The first-order valence-electron chi connectivity index (χ1n) is 6.52. The Morgan fingerprint density at radius 2 is 1.83 bits per heavy atom. The number of nitrogens with one attached hydrogen (secondary N) is 1. The van der Waals surface area contributed by atoms with Gasteiger partial charge in [-0.25, -0.2) is 9.88 Å². The molecule has 0 spiro atoms. The van der Waals surface area contributed by atoms with Crippen molar-refractivity contribution < 1.29 is 14.4 Å². The molecular weight excluding hydrogens is 320 g/mol. The van der Waals surface area contributed by atoms with Crippen LogP contribution in [0.25, 0.3) is 0 Å². The Morgan fingerprint density at radius 1 is 1.17 bits per heavy atom. The molecule has 23 heavy (non-hydrogen) atoms. The van der Waals surface area contributed by atoms with E-state index in [0.717, 1.165) is 4.90 Å². The number of carbonyl (C=O) groups is 3. The molecule has 1 heterocycles. The second-order valence-corrected chi connectivity index (χ2v) is 4.91. The quantitative estimate of drug-likeness (QED) is 0.496. The van der Waals surface area contributed by atoms with Gasteiger partial charge < -0.3 is 11.1 Å². The number of imide groups is 1. The predicted octanol–water partition coefficient (Wildman–Crippen LogP) is 1.84. The van der Waals surface area contributed by atoms with Crippen molar-refractivity contribution in [1.82, 2.24) is 4.98 Å². The summed E-state index contributed by atoms with van der Waals surface area (Å²) in [4.78, 5) is 40.7.